The molecule has 0 aliphatic carbocycles. The van der Waals surface area contributed by atoms with Gasteiger partial charge >= 0.3 is 10.1 Å². The van der Waals surface area contributed by atoms with Crippen LogP contribution in [-0.2, 0) is 10.1 Å². The highest BCUT2D eigenvalue weighted by Crippen LogP contribution is 2.25. The Hall–Kier alpha value is -3.91. The van der Waals surface area contributed by atoms with E-state index >= 15 is 0 Å². The van der Waals surface area contributed by atoms with Crippen molar-refractivity contribution in [1.29, 1.82) is 0 Å². The van der Waals surface area contributed by atoms with Gasteiger partial charge in [-0.3, -0.25) is 4.79 Å². The first-order chi connectivity index (χ1) is 16.2. The van der Waals surface area contributed by atoms with E-state index in [-0.39, 0.29) is 16.6 Å². The van der Waals surface area contributed by atoms with Crippen LogP contribution in [0.25, 0.3) is 5.69 Å². The highest BCUT2D eigenvalue weighted by molar-refractivity contribution is 7.87. The van der Waals surface area contributed by atoms with Crippen LogP contribution in [0.15, 0.2) is 77.7 Å². The van der Waals surface area contributed by atoms with Gasteiger partial charge in [0.15, 0.2) is 0 Å². The molecule has 0 saturated heterocycles. The maximum Gasteiger partial charge on any atom is 0.339 e. The number of anilines is 1. The molecule has 8 heteroatoms. The number of carbonyl (C=O) groups excluding carboxylic acids is 1. The molecule has 0 unspecified atom stereocenters. The molecule has 1 heterocycles. The maximum absolute atomic E-state index is 12.9. The molecular formula is C26H25N3O4S. The minimum absolute atomic E-state index is 0.121. The summed E-state index contributed by atoms with van der Waals surface area (Å²) in [6, 6.07) is 20.8. The molecule has 34 heavy (non-hydrogen) atoms. The van der Waals surface area contributed by atoms with Gasteiger partial charge in [0.25, 0.3) is 5.91 Å². The second-order valence-corrected chi connectivity index (χ2v) is 9.59. The molecule has 0 radical (unpaired) electrons. The molecule has 0 atom stereocenters. The third-order valence-electron chi connectivity index (χ3n) is 5.47. The summed E-state index contributed by atoms with van der Waals surface area (Å²) in [5.41, 5.74) is 4.81. The van der Waals surface area contributed by atoms with Crippen LogP contribution in [0.1, 0.15) is 32.9 Å². The summed E-state index contributed by atoms with van der Waals surface area (Å²) < 4.78 is 32.5. The summed E-state index contributed by atoms with van der Waals surface area (Å²) in [5.74, 6) is -0.204. The molecule has 7 nitrogen and oxygen atoms in total. The Labute approximate surface area is 199 Å². The quantitative estimate of drug-likeness (QED) is 0.391. The molecule has 0 aliphatic heterocycles. The number of rotatable bonds is 6. The number of hydrogen-bond donors (Lipinski definition) is 1. The molecule has 0 spiro atoms. The van der Waals surface area contributed by atoms with Crippen LogP contribution in [0.4, 0.5) is 5.69 Å². The monoisotopic (exact) mass is 475 g/mol. The average molecular weight is 476 g/mol. The molecule has 3 aromatic carbocycles. The Balaban J connectivity index is 1.51. The van der Waals surface area contributed by atoms with Gasteiger partial charge in [-0.05, 0) is 81.3 Å². The molecule has 0 saturated carbocycles. The minimum Gasteiger partial charge on any atom is -0.379 e. The van der Waals surface area contributed by atoms with Crippen LogP contribution in [0.2, 0.25) is 0 Å². The smallest absolute Gasteiger partial charge is 0.339 e. The van der Waals surface area contributed by atoms with Crippen molar-refractivity contribution >= 4 is 21.7 Å². The number of benzene rings is 3. The van der Waals surface area contributed by atoms with E-state index < -0.39 is 10.1 Å². The molecule has 1 aromatic heterocycles. The van der Waals surface area contributed by atoms with E-state index in [4.69, 9.17) is 4.18 Å². The first-order valence-corrected chi connectivity index (χ1v) is 12.1. The van der Waals surface area contributed by atoms with Crippen LogP contribution < -0.4 is 9.50 Å². The number of aromatic nitrogens is 2. The summed E-state index contributed by atoms with van der Waals surface area (Å²) in [5, 5.41) is 7.45. The van der Waals surface area contributed by atoms with Crippen molar-refractivity contribution < 1.29 is 17.4 Å². The molecule has 4 aromatic rings. The average Bonchev–Trinajstić information content (AvgIpc) is 3.09. The first-order valence-electron chi connectivity index (χ1n) is 10.7. The highest BCUT2D eigenvalue weighted by atomic mass is 32.2. The van der Waals surface area contributed by atoms with E-state index in [1.54, 1.807) is 23.7 Å². The zero-order valence-electron chi connectivity index (χ0n) is 19.4. The van der Waals surface area contributed by atoms with E-state index in [9.17, 15) is 13.2 Å². The maximum atomic E-state index is 12.9. The standard InChI is InChI=1S/C26H25N3O4S/c1-17-10-11-18(2)24(16-17)34(31,32)33-23-14-12-21(13-15-23)26(30)27-25-19(3)28-29(20(25)4)22-8-6-5-7-9-22/h5-16H,1-4H3,(H,27,30). The minimum atomic E-state index is -3.99. The zero-order chi connectivity index (χ0) is 24.5. The van der Waals surface area contributed by atoms with Crippen molar-refractivity contribution in [3.05, 3.63) is 101 Å². The summed E-state index contributed by atoms with van der Waals surface area (Å²) in [7, 11) is -3.99. The lowest BCUT2D eigenvalue weighted by Gasteiger charge is -2.11. The predicted molar refractivity (Wildman–Crippen MR) is 131 cm³/mol. The SMILES string of the molecule is Cc1ccc(C)c(S(=O)(=O)Oc2ccc(C(=O)Nc3c(C)nn(-c4ccccc4)c3C)cc2)c1. The molecule has 0 fully saturated rings. The van der Waals surface area contributed by atoms with Crippen molar-refractivity contribution in [1.82, 2.24) is 9.78 Å². The number of nitrogens with one attached hydrogen (secondary N) is 1. The Bertz CT molecular complexity index is 1460. The van der Waals surface area contributed by atoms with Crippen LogP contribution in [-0.4, -0.2) is 24.1 Å². The van der Waals surface area contributed by atoms with Crippen molar-refractivity contribution in [2.75, 3.05) is 5.32 Å². The topological polar surface area (TPSA) is 90.3 Å². The number of hydrogen-bond acceptors (Lipinski definition) is 5. The Morgan fingerprint density at radius 2 is 1.59 bits per heavy atom. The number of amides is 1. The third kappa shape index (κ3) is 4.72. The fourth-order valence-electron chi connectivity index (χ4n) is 3.64. The fraction of sp³-hybridized carbons (Fsp3) is 0.154. The van der Waals surface area contributed by atoms with Gasteiger partial charge in [-0.1, -0.05) is 30.3 Å². The zero-order valence-corrected chi connectivity index (χ0v) is 20.2. The Morgan fingerprint density at radius 1 is 0.912 bits per heavy atom. The van der Waals surface area contributed by atoms with E-state index in [2.05, 4.69) is 10.4 Å². The number of para-hydroxylation sites is 1. The van der Waals surface area contributed by atoms with Crippen LogP contribution in [0.5, 0.6) is 5.75 Å². The van der Waals surface area contributed by atoms with E-state index in [1.165, 1.54) is 24.3 Å². The summed E-state index contributed by atoms with van der Waals surface area (Å²) in [6.07, 6.45) is 0. The van der Waals surface area contributed by atoms with Gasteiger partial charge in [0.05, 0.1) is 22.8 Å². The Kier molecular flexibility index (Phi) is 6.26. The Morgan fingerprint density at radius 3 is 2.26 bits per heavy atom. The van der Waals surface area contributed by atoms with E-state index in [0.717, 1.165) is 16.9 Å². The largest absolute Gasteiger partial charge is 0.379 e. The number of carbonyl (C=O) groups is 1. The van der Waals surface area contributed by atoms with Crippen LogP contribution in [0.3, 0.4) is 0 Å². The summed E-state index contributed by atoms with van der Waals surface area (Å²) >= 11 is 0. The fourth-order valence-corrected chi connectivity index (χ4v) is 4.89. The lowest BCUT2D eigenvalue weighted by atomic mass is 10.2. The predicted octanol–water partition coefficient (Wildman–Crippen LogP) is 5.13. The third-order valence-corrected chi connectivity index (χ3v) is 6.86. The molecule has 1 N–H and O–H groups in total. The number of aryl methyl sites for hydroxylation is 3. The van der Waals surface area contributed by atoms with Crippen molar-refractivity contribution in [3.63, 3.8) is 0 Å². The second kappa shape index (κ2) is 9.15. The van der Waals surface area contributed by atoms with Gasteiger partial charge in [-0.2, -0.15) is 13.5 Å². The van der Waals surface area contributed by atoms with Crippen molar-refractivity contribution in [3.8, 4) is 11.4 Å². The lowest BCUT2D eigenvalue weighted by Crippen LogP contribution is -2.14. The van der Waals surface area contributed by atoms with Gasteiger partial charge in [0.1, 0.15) is 10.6 Å². The summed E-state index contributed by atoms with van der Waals surface area (Å²) in [6.45, 7) is 7.25. The van der Waals surface area contributed by atoms with Gasteiger partial charge in [0, 0.05) is 5.56 Å². The van der Waals surface area contributed by atoms with Gasteiger partial charge in [-0.15, -0.1) is 0 Å². The van der Waals surface area contributed by atoms with Crippen LogP contribution in [0, 0.1) is 27.7 Å². The first kappa shape index (κ1) is 23.3. The second-order valence-electron chi connectivity index (χ2n) is 8.08. The van der Waals surface area contributed by atoms with Gasteiger partial charge in [0.2, 0.25) is 0 Å². The normalized spacial score (nSPS) is 11.3. The van der Waals surface area contributed by atoms with Crippen LogP contribution >= 0.6 is 0 Å². The van der Waals surface area contributed by atoms with Crippen molar-refractivity contribution in [2.24, 2.45) is 0 Å². The molecule has 0 bridgehead atoms. The van der Waals surface area contributed by atoms with Crippen molar-refractivity contribution in [2.45, 2.75) is 32.6 Å². The lowest BCUT2D eigenvalue weighted by molar-refractivity contribution is 0.102. The molecule has 1 amide bonds. The molecule has 0 aliphatic rings. The highest BCUT2D eigenvalue weighted by Gasteiger charge is 2.20. The molecular weight excluding hydrogens is 450 g/mol. The van der Waals surface area contributed by atoms with E-state index in [0.29, 0.717) is 22.5 Å². The van der Waals surface area contributed by atoms with E-state index in [1.807, 2.05) is 57.2 Å². The number of nitrogens with zero attached hydrogens (tertiary/aromatic N) is 2. The summed E-state index contributed by atoms with van der Waals surface area (Å²) in [4.78, 5) is 13.0. The van der Waals surface area contributed by atoms with Gasteiger partial charge in [-0.25, -0.2) is 4.68 Å². The molecule has 174 valence electrons. The molecule has 4 rings (SSSR count). The van der Waals surface area contributed by atoms with Gasteiger partial charge < -0.3 is 9.50 Å².